The minimum absolute atomic E-state index is 0.150. The van der Waals surface area contributed by atoms with Crippen molar-refractivity contribution in [3.8, 4) is 17.2 Å². The lowest BCUT2D eigenvalue weighted by Gasteiger charge is -2.13. The van der Waals surface area contributed by atoms with Gasteiger partial charge < -0.3 is 24.1 Å². The number of carbonyl (C=O) groups excluding carboxylic acids is 1. The molecular formula is C27H29N3O4. The van der Waals surface area contributed by atoms with Crippen LogP contribution in [0.2, 0.25) is 0 Å². The molecule has 0 aliphatic carbocycles. The Kier molecular flexibility index (Phi) is 7.32. The van der Waals surface area contributed by atoms with Gasteiger partial charge in [0.15, 0.2) is 11.5 Å². The van der Waals surface area contributed by atoms with Gasteiger partial charge in [-0.3, -0.25) is 4.79 Å². The van der Waals surface area contributed by atoms with Gasteiger partial charge in [-0.2, -0.15) is 0 Å². The Hall–Kier alpha value is -4.00. The molecule has 1 aromatic heterocycles. The maximum absolute atomic E-state index is 12.6. The molecular weight excluding hydrogens is 430 g/mol. The maximum Gasteiger partial charge on any atom is 0.251 e. The number of rotatable bonds is 10. The average Bonchev–Trinajstić information content (AvgIpc) is 3.23. The fourth-order valence-electron chi connectivity index (χ4n) is 4.02. The van der Waals surface area contributed by atoms with E-state index >= 15 is 0 Å². The van der Waals surface area contributed by atoms with Crippen molar-refractivity contribution < 1.29 is 19.0 Å². The summed E-state index contributed by atoms with van der Waals surface area (Å²) in [6.07, 6.45) is 1.49. The molecule has 4 aromatic rings. The highest BCUT2D eigenvalue weighted by atomic mass is 16.5. The summed E-state index contributed by atoms with van der Waals surface area (Å²) in [5.41, 5.74) is 3.66. The second kappa shape index (κ2) is 10.7. The number of aromatic nitrogens is 2. The largest absolute Gasteiger partial charge is 0.496 e. The molecule has 0 saturated carbocycles. The summed E-state index contributed by atoms with van der Waals surface area (Å²) in [4.78, 5) is 17.5. The van der Waals surface area contributed by atoms with Crippen molar-refractivity contribution in [2.45, 2.75) is 19.4 Å². The van der Waals surface area contributed by atoms with Crippen LogP contribution in [0.1, 0.15) is 28.2 Å². The molecule has 0 fully saturated rings. The van der Waals surface area contributed by atoms with Gasteiger partial charge in [0.1, 0.15) is 11.6 Å². The molecule has 0 atom stereocenters. The van der Waals surface area contributed by atoms with E-state index in [0.717, 1.165) is 41.0 Å². The lowest BCUT2D eigenvalue weighted by Crippen LogP contribution is -2.25. The molecule has 3 aromatic carbocycles. The van der Waals surface area contributed by atoms with Crippen molar-refractivity contribution in [2.75, 3.05) is 27.9 Å². The fraction of sp³-hybridized carbons (Fsp3) is 0.259. The Morgan fingerprint density at radius 3 is 2.41 bits per heavy atom. The molecule has 7 heteroatoms. The Morgan fingerprint density at radius 2 is 1.62 bits per heavy atom. The number of aryl methyl sites for hydroxylation is 1. The molecule has 1 heterocycles. The molecule has 0 bridgehead atoms. The molecule has 0 unspecified atom stereocenters. The highest BCUT2D eigenvalue weighted by Gasteiger charge is 2.14. The van der Waals surface area contributed by atoms with Crippen molar-refractivity contribution in [1.82, 2.24) is 14.9 Å². The van der Waals surface area contributed by atoms with Gasteiger partial charge in [0.05, 0.1) is 38.9 Å². The first-order chi connectivity index (χ1) is 16.6. The van der Waals surface area contributed by atoms with E-state index in [1.54, 1.807) is 39.5 Å². The van der Waals surface area contributed by atoms with Crippen molar-refractivity contribution in [3.05, 3.63) is 83.7 Å². The van der Waals surface area contributed by atoms with E-state index in [9.17, 15) is 4.79 Å². The number of imidazole rings is 1. The number of benzene rings is 3. The van der Waals surface area contributed by atoms with Crippen molar-refractivity contribution in [2.24, 2.45) is 0 Å². The lowest BCUT2D eigenvalue weighted by molar-refractivity contribution is 0.0952. The predicted octanol–water partition coefficient (Wildman–Crippen LogP) is 4.47. The molecule has 0 saturated heterocycles. The zero-order valence-electron chi connectivity index (χ0n) is 19.7. The van der Waals surface area contributed by atoms with Crippen LogP contribution in [0.3, 0.4) is 0 Å². The van der Waals surface area contributed by atoms with Gasteiger partial charge in [-0.15, -0.1) is 0 Å². The summed E-state index contributed by atoms with van der Waals surface area (Å²) in [5.74, 6) is 2.80. The van der Waals surface area contributed by atoms with Crippen LogP contribution < -0.4 is 19.5 Å². The lowest BCUT2D eigenvalue weighted by atomic mass is 10.1. The van der Waals surface area contributed by atoms with E-state index in [0.29, 0.717) is 30.2 Å². The monoisotopic (exact) mass is 459 g/mol. The minimum atomic E-state index is -0.150. The number of fused-ring (bicyclic) bond motifs is 1. The molecule has 0 aliphatic rings. The number of nitrogens with one attached hydrogen (secondary N) is 1. The molecule has 1 amide bonds. The summed E-state index contributed by atoms with van der Waals surface area (Å²) < 4.78 is 18.3. The first-order valence-corrected chi connectivity index (χ1v) is 11.2. The van der Waals surface area contributed by atoms with E-state index in [-0.39, 0.29) is 5.91 Å². The minimum Gasteiger partial charge on any atom is -0.496 e. The molecule has 176 valence electrons. The number of ether oxygens (including phenoxy) is 3. The van der Waals surface area contributed by atoms with E-state index in [1.165, 1.54) is 0 Å². The third-order valence-electron chi connectivity index (χ3n) is 5.76. The first kappa shape index (κ1) is 23.2. The van der Waals surface area contributed by atoms with Crippen LogP contribution in [0.15, 0.2) is 66.7 Å². The van der Waals surface area contributed by atoms with Gasteiger partial charge in [0, 0.05) is 24.1 Å². The quantitative estimate of drug-likeness (QED) is 0.354. The van der Waals surface area contributed by atoms with Gasteiger partial charge in [-0.1, -0.05) is 30.3 Å². The van der Waals surface area contributed by atoms with E-state index in [2.05, 4.69) is 22.0 Å². The average molecular weight is 460 g/mol. The Labute approximate surface area is 199 Å². The molecule has 34 heavy (non-hydrogen) atoms. The number of methoxy groups -OCH3 is 3. The molecule has 0 radical (unpaired) electrons. The smallest absolute Gasteiger partial charge is 0.251 e. The van der Waals surface area contributed by atoms with Crippen LogP contribution in [-0.4, -0.2) is 43.3 Å². The van der Waals surface area contributed by atoms with Crippen LogP contribution in [0, 0.1) is 0 Å². The molecule has 0 aliphatic heterocycles. The normalized spacial score (nSPS) is 10.8. The number of nitrogens with zero attached hydrogens (tertiary/aromatic N) is 2. The van der Waals surface area contributed by atoms with Crippen LogP contribution in [-0.2, 0) is 13.0 Å². The summed E-state index contributed by atoms with van der Waals surface area (Å²) in [6, 6.07) is 21.3. The maximum atomic E-state index is 12.6. The van der Waals surface area contributed by atoms with E-state index in [1.807, 2.05) is 36.4 Å². The summed E-state index contributed by atoms with van der Waals surface area (Å²) in [7, 11) is 4.81. The first-order valence-electron chi connectivity index (χ1n) is 11.2. The van der Waals surface area contributed by atoms with E-state index in [4.69, 9.17) is 19.2 Å². The highest BCUT2D eigenvalue weighted by molar-refractivity contribution is 5.94. The van der Waals surface area contributed by atoms with Crippen molar-refractivity contribution >= 4 is 16.9 Å². The third-order valence-corrected chi connectivity index (χ3v) is 5.76. The number of carbonyl (C=O) groups is 1. The molecule has 1 N–H and O–H groups in total. The zero-order valence-corrected chi connectivity index (χ0v) is 19.7. The topological polar surface area (TPSA) is 74.6 Å². The second-order valence-corrected chi connectivity index (χ2v) is 7.84. The Morgan fingerprint density at radius 1 is 0.882 bits per heavy atom. The highest BCUT2D eigenvalue weighted by Crippen LogP contribution is 2.27. The van der Waals surface area contributed by atoms with Gasteiger partial charge in [-0.05, 0) is 42.8 Å². The Balaban J connectivity index is 1.45. The predicted molar refractivity (Wildman–Crippen MR) is 132 cm³/mol. The standard InChI is InChI=1S/C27H29N3O4/c1-32-23-12-7-4-9-20(23)18-30-22-11-6-5-10-21(22)29-26(30)13-8-16-28-27(31)19-14-15-24(33-2)25(17-19)34-3/h4-7,9-12,14-15,17H,8,13,16,18H2,1-3H3,(H,28,31). The second-order valence-electron chi connectivity index (χ2n) is 7.84. The molecule has 4 rings (SSSR count). The summed E-state index contributed by atoms with van der Waals surface area (Å²) in [6.45, 7) is 1.20. The van der Waals surface area contributed by atoms with Crippen LogP contribution in [0.4, 0.5) is 0 Å². The van der Waals surface area contributed by atoms with Crippen LogP contribution >= 0.6 is 0 Å². The number of amides is 1. The number of hydrogen-bond acceptors (Lipinski definition) is 5. The Bertz CT molecular complexity index is 1280. The van der Waals surface area contributed by atoms with Crippen LogP contribution in [0.5, 0.6) is 17.2 Å². The SMILES string of the molecule is COc1ccccc1Cn1c(CCCNC(=O)c2ccc(OC)c(OC)c2)nc2ccccc21. The van der Waals surface area contributed by atoms with Crippen LogP contribution in [0.25, 0.3) is 11.0 Å². The zero-order chi connectivity index (χ0) is 23.9. The number of hydrogen-bond donors (Lipinski definition) is 1. The third kappa shape index (κ3) is 4.98. The van der Waals surface area contributed by atoms with Gasteiger partial charge >= 0.3 is 0 Å². The van der Waals surface area contributed by atoms with Crippen molar-refractivity contribution in [3.63, 3.8) is 0 Å². The van der Waals surface area contributed by atoms with Gasteiger partial charge in [0.25, 0.3) is 5.91 Å². The summed E-state index contributed by atoms with van der Waals surface area (Å²) in [5, 5.41) is 2.99. The number of para-hydroxylation sites is 3. The molecule has 0 spiro atoms. The van der Waals surface area contributed by atoms with Gasteiger partial charge in [-0.25, -0.2) is 4.98 Å². The van der Waals surface area contributed by atoms with E-state index < -0.39 is 0 Å². The van der Waals surface area contributed by atoms with Gasteiger partial charge in [0.2, 0.25) is 0 Å². The van der Waals surface area contributed by atoms with Crippen molar-refractivity contribution in [1.29, 1.82) is 0 Å². The summed E-state index contributed by atoms with van der Waals surface area (Å²) >= 11 is 0. The molecule has 7 nitrogen and oxygen atoms in total. The fourth-order valence-corrected chi connectivity index (χ4v) is 4.02.